The van der Waals surface area contributed by atoms with Crippen molar-refractivity contribution in [2.75, 3.05) is 23.4 Å². The second-order valence-corrected chi connectivity index (χ2v) is 15.2. The van der Waals surface area contributed by atoms with E-state index in [0.29, 0.717) is 23.0 Å². The van der Waals surface area contributed by atoms with Gasteiger partial charge in [0.15, 0.2) is 23.0 Å². The minimum atomic E-state index is -0.144. The highest BCUT2D eigenvalue weighted by Crippen LogP contribution is 2.54. The van der Waals surface area contributed by atoms with Crippen LogP contribution >= 0.6 is 0 Å². The molecule has 0 saturated heterocycles. The molecule has 9 aromatic rings. The monoisotopic (exact) mass is 754 g/mol. The van der Waals surface area contributed by atoms with Crippen LogP contribution < -0.4 is 45.1 Å². The lowest BCUT2D eigenvalue weighted by Gasteiger charge is -2.44. The van der Waals surface area contributed by atoms with Crippen molar-refractivity contribution in [3.8, 4) is 45.6 Å². The Balaban J connectivity index is 1.09. The molecule has 276 valence electrons. The molecule has 9 heteroatoms. The number of fused-ring (bicyclic) bond motifs is 9. The smallest absolute Gasteiger partial charge is 0.252 e. The van der Waals surface area contributed by atoms with Crippen LogP contribution in [0.3, 0.4) is 0 Å². The highest BCUT2D eigenvalue weighted by Gasteiger charge is 2.46. The van der Waals surface area contributed by atoms with Crippen molar-refractivity contribution in [2.45, 2.75) is 6.92 Å². The lowest BCUT2D eigenvalue weighted by Crippen LogP contribution is -2.61. The quantitative estimate of drug-likeness (QED) is 0.165. The zero-order chi connectivity index (χ0) is 38.1. The summed E-state index contributed by atoms with van der Waals surface area (Å²) in [6.07, 6.45) is 0. The Morgan fingerprint density at radius 2 is 1.14 bits per heavy atom. The number of ether oxygens (including phenoxy) is 4. The Morgan fingerprint density at radius 3 is 1.90 bits per heavy atom. The molecule has 0 unspecified atom stereocenters. The lowest BCUT2D eigenvalue weighted by molar-refractivity contribution is 0.174. The number of hydrogen-bond acceptors (Lipinski definition) is 8. The highest BCUT2D eigenvalue weighted by molar-refractivity contribution is 7.00. The maximum atomic E-state index is 6.48. The van der Waals surface area contributed by atoms with Gasteiger partial charge in [0.1, 0.15) is 22.7 Å². The molecule has 2 aromatic heterocycles. The van der Waals surface area contributed by atoms with E-state index < -0.39 is 0 Å². The summed E-state index contributed by atoms with van der Waals surface area (Å²) in [7, 11) is 0. The van der Waals surface area contributed by atoms with Gasteiger partial charge in [-0.1, -0.05) is 72.8 Å². The third kappa shape index (κ3) is 4.46. The van der Waals surface area contributed by atoms with Gasteiger partial charge in [-0.25, -0.2) is 0 Å². The zero-order valence-electron chi connectivity index (χ0n) is 31.2. The Labute approximate surface area is 333 Å². The summed E-state index contributed by atoms with van der Waals surface area (Å²) < 4.78 is 37.4. The van der Waals surface area contributed by atoms with Crippen LogP contribution in [0.25, 0.3) is 44.6 Å². The van der Waals surface area contributed by atoms with Crippen LogP contribution in [0.5, 0.6) is 23.0 Å². The Kier molecular flexibility index (Phi) is 6.42. The predicted molar refractivity (Wildman–Crippen MR) is 228 cm³/mol. The average molecular weight is 755 g/mol. The summed E-state index contributed by atoms with van der Waals surface area (Å²) in [5.41, 5.74) is 14.2. The van der Waals surface area contributed by atoms with Crippen LogP contribution in [0.15, 0.2) is 154 Å². The Hall–Kier alpha value is -7.52. The maximum Gasteiger partial charge on any atom is 0.252 e. The van der Waals surface area contributed by atoms with Gasteiger partial charge in [-0.3, -0.25) is 0 Å². The Bertz CT molecular complexity index is 3140. The van der Waals surface area contributed by atoms with Crippen molar-refractivity contribution in [1.82, 2.24) is 0 Å². The minimum Gasteiger partial charge on any atom is -0.456 e. The van der Waals surface area contributed by atoms with E-state index in [2.05, 4.69) is 108 Å². The van der Waals surface area contributed by atoms with Crippen molar-refractivity contribution in [2.24, 2.45) is 0 Å². The number of nitrogens with zero attached hydrogens (tertiary/aromatic N) is 2. The molecule has 4 aliphatic heterocycles. The molecule has 0 atom stereocenters. The first-order valence-corrected chi connectivity index (χ1v) is 19.4. The molecule has 0 saturated carbocycles. The van der Waals surface area contributed by atoms with Crippen LogP contribution in [-0.4, -0.2) is 20.3 Å². The van der Waals surface area contributed by atoms with Crippen LogP contribution in [0.4, 0.5) is 34.1 Å². The minimum absolute atomic E-state index is 0.144. The van der Waals surface area contributed by atoms with E-state index in [1.165, 1.54) is 5.46 Å². The molecule has 7 aromatic carbocycles. The molecular formula is C49H31BN2O6. The number of anilines is 6. The van der Waals surface area contributed by atoms with Crippen LogP contribution in [0.2, 0.25) is 0 Å². The third-order valence-electron chi connectivity index (χ3n) is 11.9. The molecule has 6 heterocycles. The van der Waals surface area contributed by atoms with E-state index in [0.717, 1.165) is 95.2 Å². The van der Waals surface area contributed by atoms with Crippen molar-refractivity contribution < 1.29 is 27.8 Å². The van der Waals surface area contributed by atoms with Gasteiger partial charge in [0, 0.05) is 44.6 Å². The molecule has 0 aliphatic carbocycles. The molecule has 0 radical (unpaired) electrons. The normalized spacial score (nSPS) is 14.3. The molecular weight excluding hydrogens is 723 g/mol. The fraction of sp³-hybridized carbons (Fsp3) is 0.0612. The fourth-order valence-electron chi connectivity index (χ4n) is 9.39. The molecule has 58 heavy (non-hydrogen) atoms. The number of rotatable bonds is 4. The molecule has 0 spiro atoms. The topological polar surface area (TPSA) is 69.7 Å². The highest BCUT2D eigenvalue weighted by atomic mass is 16.7. The fourth-order valence-corrected chi connectivity index (χ4v) is 9.39. The summed E-state index contributed by atoms with van der Waals surface area (Å²) >= 11 is 0. The van der Waals surface area contributed by atoms with Gasteiger partial charge in [0.05, 0.1) is 11.4 Å². The van der Waals surface area contributed by atoms with Crippen molar-refractivity contribution >= 4 is 79.2 Å². The third-order valence-corrected chi connectivity index (χ3v) is 11.9. The lowest BCUT2D eigenvalue weighted by atomic mass is 9.33. The van der Waals surface area contributed by atoms with Gasteiger partial charge in [-0.2, -0.15) is 0 Å². The van der Waals surface area contributed by atoms with Gasteiger partial charge in [0.25, 0.3) is 6.71 Å². The summed E-state index contributed by atoms with van der Waals surface area (Å²) in [4.78, 5) is 4.69. The van der Waals surface area contributed by atoms with Gasteiger partial charge in [-0.05, 0) is 102 Å². The van der Waals surface area contributed by atoms with E-state index in [9.17, 15) is 0 Å². The van der Waals surface area contributed by atoms with Crippen molar-refractivity contribution in [3.05, 3.63) is 151 Å². The standard InChI is InChI=1S/C49H31BN2O6/c1-28-20-38-46-39(21-28)52(36-12-7-15-42-48(36)55-26-53-42)47-35(18-19-43-49(47)56-27-54-43)50(46)34-17-16-32(45-25-31-9-3-5-14-41(31)58-45)23-37(34)51(38)33-11-6-10-29(22-33)44-24-30-8-2-4-13-40(30)57-44/h2-25H,26-27H2,1H3. The molecule has 8 nitrogen and oxygen atoms in total. The van der Waals surface area contributed by atoms with Gasteiger partial charge in [0.2, 0.25) is 13.6 Å². The summed E-state index contributed by atoms with van der Waals surface area (Å²) in [6, 6.07) is 50.8. The predicted octanol–water partition coefficient (Wildman–Crippen LogP) is 10.4. The number of benzene rings is 7. The van der Waals surface area contributed by atoms with Crippen LogP contribution in [0, 0.1) is 6.92 Å². The molecule has 0 N–H and O–H groups in total. The van der Waals surface area contributed by atoms with Gasteiger partial charge < -0.3 is 37.6 Å². The van der Waals surface area contributed by atoms with Crippen molar-refractivity contribution in [1.29, 1.82) is 0 Å². The average Bonchev–Trinajstić information content (AvgIpc) is 4.09. The van der Waals surface area contributed by atoms with E-state index in [1.807, 2.05) is 54.6 Å². The number of aryl methyl sites for hydroxylation is 1. The first-order chi connectivity index (χ1) is 28.6. The number of furan rings is 2. The SMILES string of the molecule is Cc1cc2c3c(c1)N(c1cccc4c1OCO4)c1c(ccc4c1OCO4)B3c1ccc(-c3cc4ccccc4o3)cc1N2c1cccc(-c2cc3ccccc3o2)c1. The van der Waals surface area contributed by atoms with Crippen LogP contribution in [0.1, 0.15) is 5.56 Å². The second kappa shape index (κ2) is 11.8. The van der Waals surface area contributed by atoms with E-state index >= 15 is 0 Å². The molecule has 4 aliphatic rings. The van der Waals surface area contributed by atoms with E-state index in [-0.39, 0.29) is 20.3 Å². The van der Waals surface area contributed by atoms with E-state index in [1.54, 1.807) is 0 Å². The summed E-state index contributed by atoms with van der Waals surface area (Å²) in [5.74, 6) is 4.46. The van der Waals surface area contributed by atoms with Gasteiger partial charge in [-0.15, -0.1) is 0 Å². The first kappa shape index (κ1) is 31.7. The van der Waals surface area contributed by atoms with Gasteiger partial charge >= 0.3 is 0 Å². The van der Waals surface area contributed by atoms with E-state index in [4.69, 9.17) is 27.8 Å². The molecule has 0 amide bonds. The zero-order valence-corrected chi connectivity index (χ0v) is 31.2. The second-order valence-electron chi connectivity index (χ2n) is 15.2. The number of para-hydroxylation sites is 3. The largest absolute Gasteiger partial charge is 0.456 e. The molecule has 13 rings (SSSR count). The summed E-state index contributed by atoms with van der Waals surface area (Å²) in [6.45, 7) is 2.32. The van der Waals surface area contributed by atoms with Crippen molar-refractivity contribution in [3.63, 3.8) is 0 Å². The molecule has 0 fully saturated rings. The summed E-state index contributed by atoms with van der Waals surface area (Å²) in [5, 5.41) is 2.13. The Morgan fingerprint density at radius 1 is 0.483 bits per heavy atom. The first-order valence-electron chi connectivity index (χ1n) is 19.4. The molecule has 0 bridgehead atoms. The van der Waals surface area contributed by atoms with Crippen LogP contribution in [-0.2, 0) is 0 Å². The number of hydrogen-bond donors (Lipinski definition) is 0. The maximum absolute atomic E-state index is 6.48.